The standard InChI is InChI=1S/C21H12Cl2.C21H25.C5H5.2ClH.Zr/c22-20-11-9-14(16-5-1-3-7-18(16)20)13-15-10-12-21(23)19-8-4-2-6-17(15)19;1-20(2,3)16-9-7-14-11-15-8-10-17(21(4,5)6)13-19(15)18(14)12-16;1-2-4-5-3-1;;;/h1-12H;7-13H,1-6H3;1-3H,4H2;2*1H;/q;;;;;+2/p-2. The molecule has 262 valence electrons. The molecule has 0 bridgehead atoms. The SMILES string of the molecule is CC(C)(C)c1ccc2c(c1)-c1cc(C(C)(C)C)ccc1[CH]2[Zr+2]([C]1=CC=CC1)=[C](c1ccc(Cl)c2ccccc12)c1ccc(Cl)c2ccccc12.[Cl-].[Cl-]. The second-order valence-corrected chi connectivity index (χ2v) is 23.0. The van der Waals surface area contributed by atoms with E-state index in [2.05, 4.69) is 169 Å². The molecule has 5 heteroatoms. The van der Waals surface area contributed by atoms with E-state index in [9.17, 15) is 0 Å². The molecule has 0 unspecified atom stereocenters. The summed E-state index contributed by atoms with van der Waals surface area (Å²) in [6, 6.07) is 41.0. The number of benzene rings is 6. The van der Waals surface area contributed by atoms with Crippen LogP contribution in [0.5, 0.6) is 0 Å². The third-order valence-electron chi connectivity index (χ3n) is 10.7. The van der Waals surface area contributed by atoms with Crippen LogP contribution in [-0.2, 0) is 32.1 Å². The predicted octanol–water partition coefficient (Wildman–Crippen LogP) is 7.70. The molecule has 0 atom stereocenters. The van der Waals surface area contributed by atoms with Crippen LogP contribution in [0.3, 0.4) is 0 Å². The van der Waals surface area contributed by atoms with Gasteiger partial charge in [0.15, 0.2) is 0 Å². The fourth-order valence-electron chi connectivity index (χ4n) is 8.03. The van der Waals surface area contributed by atoms with Gasteiger partial charge in [0.2, 0.25) is 0 Å². The maximum atomic E-state index is 6.93. The summed E-state index contributed by atoms with van der Waals surface area (Å²) in [7, 11) is 0. The summed E-state index contributed by atoms with van der Waals surface area (Å²) >= 11 is 10.9. The summed E-state index contributed by atoms with van der Waals surface area (Å²) in [6.07, 6.45) is 8.09. The van der Waals surface area contributed by atoms with Gasteiger partial charge in [0, 0.05) is 0 Å². The largest absolute Gasteiger partial charge is 1.00 e. The minimum Gasteiger partial charge on any atom is -1.00 e. The number of fused-ring (bicyclic) bond motifs is 5. The van der Waals surface area contributed by atoms with Crippen molar-refractivity contribution in [3.63, 3.8) is 0 Å². The third kappa shape index (κ3) is 6.76. The first kappa shape index (κ1) is 38.9. The minimum absolute atomic E-state index is 0. The van der Waals surface area contributed by atoms with Crippen molar-refractivity contribution in [1.29, 1.82) is 0 Å². The Hall–Kier alpha value is -2.77. The molecule has 0 fully saturated rings. The Morgan fingerprint density at radius 1 is 0.577 bits per heavy atom. The van der Waals surface area contributed by atoms with E-state index in [1.54, 1.807) is 3.28 Å². The van der Waals surface area contributed by atoms with Crippen molar-refractivity contribution in [2.24, 2.45) is 0 Å². The second-order valence-electron chi connectivity index (χ2n) is 15.9. The molecule has 6 aromatic carbocycles. The van der Waals surface area contributed by atoms with Gasteiger partial charge in [0.1, 0.15) is 0 Å². The van der Waals surface area contributed by atoms with Crippen molar-refractivity contribution in [2.75, 3.05) is 0 Å². The van der Waals surface area contributed by atoms with Crippen LogP contribution >= 0.6 is 23.2 Å². The van der Waals surface area contributed by atoms with Crippen LogP contribution in [0.25, 0.3) is 32.7 Å². The first-order valence-corrected chi connectivity index (χ1v) is 22.3. The average Bonchev–Trinajstić information content (AvgIpc) is 3.74. The fraction of sp³-hybridized carbons (Fsp3) is 0.213. The van der Waals surface area contributed by atoms with E-state index in [4.69, 9.17) is 23.2 Å². The summed E-state index contributed by atoms with van der Waals surface area (Å²) in [5.41, 5.74) is 11.3. The average molecular weight is 840 g/mol. The maximum absolute atomic E-state index is 6.93. The molecule has 0 amide bonds. The molecule has 0 aromatic heterocycles. The Labute approximate surface area is 338 Å². The molecule has 0 aliphatic heterocycles. The number of rotatable bonds is 4. The molecular weight excluding hydrogens is 798 g/mol. The van der Waals surface area contributed by atoms with Crippen LogP contribution < -0.4 is 24.8 Å². The van der Waals surface area contributed by atoms with Gasteiger partial charge in [-0.3, -0.25) is 0 Å². The molecule has 2 aliphatic rings. The Morgan fingerprint density at radius 2 is 1.02 bits per heavy atom. The number of hydrogen-bond donors (Lipinski definition) is 0. The van der Waals surface area contributed by atoms with Crippen LogP contribution in [-0.4, -0.2) is 3.21 Å². The van der Waals surface area contributed by atoms with E-state index in [0.717, 1.165) is 27.2 Å². The van der Waals surface area contributed by atoms with Crippen molar-refractivity contribution in [3.05, 3.63) is 174 Å². The van der Waals surface area contributed by atoms with E-state index in [1.165, 1.54) is 58.5 Å². The van der Waals surface area contributed by atoms with Gasteiger partial charge in [-0.25, -0.2) is 0 Å². The van der Waals surface area contributed by atoms with Crippen molar-refractivity contribution in [2.45, 2.75) is 62.4 Å². The Balaban J connectivity index is 0.00000232. The normalized spacial score (nSPS) is 13.6. The molecule has 0 heterocycles. The fourth-order valence-corrected chi connectivity index (χ4v) is 17.7. The molecule has 8 rings (SSSR count). The van der Waals surface area contributed by atoms with Crippen molar-refractivity contribution >= 4 is 48.0 Å². The smallest absolute Gasteiger partial charge is 1.00 e. The van der Waals surface area contributed by atoms with Crippen LogP contribution in [0.15, 0.2) is 131 Å². The van der Waals surface area contributed by atoms with Crippen molar-refractivity contribution in [3.8, 4) is 11.1 Å². The zero-order chi connectivity index (χ0) is 34.9. The Morgan fingerprint density at radius 3 is 1.42 bits per heavy atom. The van der Waals surface area contributed by atoms with Gasteiger partial charge in [-0.05, 0) is 0 Å². The van der Waals surface area contributed by atoms with Crippen LogP contribution in [0.2, 0.25) is 10.0 Å². The van der Waals surface area contributed by atoms with Gasteiger partial charge in [-0.2, -0.15) is 0 Å². The van der Waals surface area contributed by atoms with Crippen LogP contribution in [0, 0.1) is 0 Å². The number of halogens is 4. The van der Waals surface area contributed by atoms with E-state index >= 15 is 0 Å². The molecule has 2 aliphatic carbocycles. The van der Waals surface area contributed by atoms with Gasteiger partial charge >= 0.3 is 317 Å². The van der Waals surface area contributed by atoms with E-state index in [0.29, 0.717) is 3.63 Å². The molecule has 0 saturated carbocycles. The quantitative estimate of drug-likeness (QED) is 0.171. The van der Waals surface area contributed by atoms with Gasteiger partial charge < -0.3 is 24.8 Å². The van der Waals surface area contributed by atoms with Gasteiger partial charge in [0.25, 0.3) is 0 Å². The molecule has 52 heavy (non-hydrogen) atoms. The predicted molar refractivity (Wildman–Crippen MR) is 214 cm³/mol. The van der Waals surface area contributed by atoms with E-state index < -0.39 is 21.3 Å². The molecule has 0 nitrogen and oxygen atoms in total. The zero-order valence-corrected chi connectivity index (χ0v) is 35.9. The summed E-state index contributed by atoms with van der Waals surface area (Å²) in [6.45, 7) is 14.0. The molecule has 0 saturated heterocycles. The second kappa shape index (κ2) is 14.8. The molecule has 6 aromatic rings. The monoisotopic (exact) mass is 836 g/mol. The number of allylic oxidation sites excluding steroid dienone is 4. The molecule has 0 N–H and O–H groups in total. The summed E-state index contributed by atoms with van der Waals surface area (Å²) < 4.78 is 3.42. The Kier molecular flexibility index (Phi) is 11.1. The van der Waals surface area contributed by atoms with Gasteiger partial charge in [-0.1, -0.05) is 0 Å². The number of hydrogen-bond acceptors (Lipinski definition) is 0. The third-order valence-corrected chi connectivity index (χ3v) is 19.6. The molecular formula is C47H42Cl4Zr. The van der Waals surface area contributed by atoms with E-state index in [-0.39, 0.29) is 35.6 Å². The van der Waals surface area contributed by atoms with Gasteiger partial charge in [-0.15, -0.1) is 0 Å². The first-order valence-electron chi connectivity index (χ1n) is 17.7. The van der Waals surface area contributed by atoms with Gasteiger partial charge in [0.05, 0.1) is 0 Å². The van der Waals surface area contributed by atoms with Crippen LogP contribution in [0.1, 0.15) is 85.0 Å². The summed E-state index contributed by atoms with van der Waals surface area (Å²) in [4.78, 5) is 0. The van der Waals surface area contributed by atoms with Crippen molar-refractivity contribution in [1.82, 2.24) is 0 Å². The summed E-state index contributed by atoms with van der Waals surface area (Å²) in [5.74, 6) is 0. The minimum atomic E-state index is -3.01. The Bertz CT molecular complexity index is 2300. The van der Waals surface area contributed by atoms with E-state index in [1.807, 2.05) is 0 Å². The first-order chi connectivity index (χ1) is 23.9. The topological polar surface area (TPSA) is 0 Å². The zero-order valence-electron chi connectivity index (χ0n) is 30.4. The van der Waals surface area contributed by atoms with Crippen molar-refractivity contribution < 1.29 is 46.1 Å². The van der Waals surface area contributed by atoms with Crippen LogP contribution in [0.4, 0.5) is 0 Å². The molecule has 0 spiro atoms. The maximum Gasteiger partial charge on any atom is -1.00 e. The molecule has 0 radical (unpaired) electrons. The summed E-state index contributed by atoms with van der Waals surface area (Å²) in [5, 5.41) is 6.20.